The fraction of sp³-hybridized carbons (Fsp3) is 0.0588. The Balaban J connectivity index is 1.13. The predicted molar refractivity (Wildman–Crippen MR) is 228 cm³/mol. The molecular weight excluding hydrogens is 655 g/mol. The quantitative estimate of drug-likeness (QED) is 0.179. The molecule has 0 radical (unpaired) electrons. The minimum Gasteiger partial charge on any atom is -0.310 e. The monoisotopic (exact) mass is 689 g/mol. The van der Waals surface area contributed by atoms with Crippen LogP contribution in [0.3, 0.4) is 0 Å². The van der Waals surface area contributed by atoms with Gasteiger partial charge in [-0.2, -0.15) is 0 Å². The van der Waals surface area contributed by atoms with E-state index in [0.29, 0.717) is 0 Å². The standard InChI is InChI=1S/C51H35N3/c1-51(2)42-22-9-6-18-36(42)37-27-26-35(31-43(37)51)52(32-14-4-3-5-15-32)33-16-12-17-34(30-33)53-46-25-13-21-40-38-19-7-10-23-44(38)54-45-24-11-8-20-39(45)41-28-29-47(53)49(48(40)46)50(41)54/h3-31H,1-2H3. The second kappa shape index (κ2) is 10.6. The van der Waals surface area contributed by atoms with Crippen LogP contribution in [-0.2, 0) is 5.41 Å². The third kappa shape index (κ3) is 3.80. The third-order valence-electron chi connectivity index (χ3n) is 12.2. The zero-order valence-electron chi connectivity index (χ0n) is 30.1. The lowest BCUT2D eigenvalue weighted by atomic mass is 9.82. The van der Waals surface area contributed by atoms with Crippen molar-refractivity contribution in [2.75, 3.05) is 4.90 Å². The van der Waals surface area contributed by atoms with Gasteiger partial charge in [0.2, 0.25) is 0 Å². The number of para-hydroxylation sites is 3. The Morgan fingerprint density at radius 3 is 1.85 bits per heavy atom. The summed E-state index contributed by atoms with van der Waals surface area (Å²) in [5.41, 5.74) is 16.0. The lowest BCUT2D eigenvalue weighted by Gasteiger charge is -2.28. The van der Waals surface area contributed by atoms with Gasteiger partial charge in [0.15, 0.2) is 0 Å². The van der Waals surface area contributed by atoms with Crippen molar-refractivity contribution >= 4 is 77.0 Å². The van der Waals surface area contributed by atoms with Crippen LogP contribution in [0.25, 0.3) is 76.7 Å². The molecule has 1 aliphatic rings. The minimum absolute atomic E-state index is 0.0930. The number of rotatable bonds is 4. The van der Waals surface area contributed by atoms with Crippen LogP contribution in [0, 0.1) is 0 Å². The zero-order valence-corrected chi connectivity index (χ0v) is 30.1. The second-order valence-electron chi connectivity index (χ2n) is 15.4. The lowest BCUT2D eigenvalue weighted by Crippen LogP contribution is -2.16. The van der Waals surface area contributed by atoms with Crippen LogP contribution >= 0.6 is 0 Å². The van der Waals surface area contributed by atoms with Crippen LogP contribution in [0.2, 0.25) is 0 Å². The Morgan fingerprint density at radius 2 is 1.02 bits per heavy atom. The molecule has 3 aromatic heterocycles. The first kappa shape index (κ1) is 29.7. The summed E-state index contributed by atoms with van der Waals surface area (Å²) in [6.07, 6.45) is 0. The van der Waals surface area contributed by atoms with Crippen molar-refractivity contribution in [1.29, 1.82) is 0 Å². The van der Waals surface area contributed by atoms with Crippen LogP contribution in [0.15, 0.2) is 176 Å². The zero-order chi connectivity index (χ0) is 35.7. The van der Waals surface area contributed by atoms with Crippen molar-refractivity contribution in [2.24, 2.45) is 0 Å². The lowest BCUT2D eigenvalue weighted by molar-refractivity contribution is 0.660. The van der Waals surface area contributed by atoms with Gasteiger partial charge in [-0.1, -0.05) is 123 Å². The van der Waals surface area contributed by atoms with Gasteiger partial charge >= 0.3 is 0 Å². The van der Waals surface area contributed by atoms with E-state index < -0.39 is 0 Å². The van der Waals surface area contributed by atoms with Gasteiger partial charge in [-0.05, 0) is 94.4 Å². The summed E-state index contributed by atoms with van der Waals surface area (Å²) in [6, 6.07) is 65.1. The molecule has 0 spiro atoms. The highest BCUT2D eigenvalue weighted by Crippen LogP contribution is 2.51. The van der Waals surface area contributed by atoms with Gasteiger partial charge in [0.05, 0.1) is 27.6 Å². The maximum absolute atomic E-state index is 2.51. The van der Waals surface area contributed by atoms with Gasteiger partial charge < -0.3 is 13.9 Å². The maximum Gasteiger partial charge on any atom is 0.0641 e. The van der Waals surface area contributed by atoms with Crippen molar-refractivity contribution in [1.82, 2.24) is 8.97 Å². The topological polar surface area (TPSA) is 12.6 Å². The fourth-order valence-corrected chi connectivity index (χ4v) is 9.87. The molecule has 11 aromatic rings. The van der Waals surface area contributed by atoms with Crippen molar-refractivity contribution in [3.05, 3.63) is 187 Å². The Labute approximate surface area is 312 Å². The first-order valence-corrected chi connectivity index (χ1v) is 18.9. The molecule has 0 atom stereocenters. The SMILES string of the molecule is CC1(C)c2ccccc2-c2ccc(N(c3ccccc3)c3cccc(-n4c5cccc6c7ccccc7n7c8ccccc8c8ccc4c(c65)c87)c3)cc21. The van der Waals surface area contributed by atoms with E-state index in [1.54, 1.807) is 0 Å². The van der Waals surface area contributed by atoms with Gasteiger partial charge in [0.25, 0.3) is 0 Å². The molecule has 12 rings (SSSR count). The molecule has 0 N–H and O–H groups in total. The molecule has 254 valence electrons. The van der Waals surface area contributed by atoms with Gasteiger partial charge in [-0.15, -0.1) is 0 Å². The molecule has 0 fully saturated rings. The van der Waals surface area contributed by atoms with E-state index in [0.717, 1.165) is 22.7 Å². The molecule has 54 heavy (non-hydrogen) atoms. The Morgan fingerprint density at radius 1 is 0.407 bits per heavy atom. The van der Waals surface area contributed by atoms with Crippen LogP contribution in [-0.4, -0.2) is 8.97 Å². The summed E-state index contributed by atoms with van der Waals surface area (Å²) >= 11 is 0. The average Bonchev–Trinajstić information content (AvgIpc) is 3.78. The van der Waals surface area contributed by atoms with Crippen LogP contribution < -0.4 is 4.90 Å². The Bertz CT molecular complexity index is 3310. The summed E-state index contributed by atoms with van der Waals surface area (Å²) < 4.78 is 4.99. The van der Waals surface area contributed by atoms with Crippen LogP contribution in [0.1, 0.15) is 25.0 Å². The first-order chi connectivity index (χ1) is 26.6. The smallest absolute Gasteiger partial charge is 0.0641 e. The molecule has 0 aliphatic heterocycles. The molecule has 1 aliphatic carbocycles. The highest BCUT2D eigenvalue weighted by atomic mass is 15.1. The summed E-state index contributed by atoms with van der Waals surface area (Å²) in [6.45, 7) is 4.71. The Kier molecular flexibility index (Phi) is 5.84. The van der Waals surface area contributed by atoms with Crippen molar-refractivity contribution in [3.63, 3.8) is 0 Å². The normalized spacial score (nSPS) is 13.5. The van der Waals surface area contributed by atoms with Crippen LogP contribution in [0.5, 0.6) is 0 Å². The van der Waals surface area contributed by atoms with E-state index in [1.807, 2.05) is 0 Å². The second-order valence-corrected chi connectivity index (χ2v) is 15.4. The van der Waals surface area contributed by atoms with Crippen molar-refractivity contribution < 1.29 is 0 Å². The molecular formula is C51H35N3. The van der Waals surface area contributed by atoms with E-state index >= 15 is 0 Å². The molecule has 8 aromatic carbocycles. The van der Waals surface area contributed by atoms with Gasteiger partial charge in [-0.25, -0.2) is 0 Å². The summed E-state index contributed by atoms with van der Waals surface area (Å²) in [5.74, 6) is 0. The van der Waals surface area contributed by atoms with Gasteiger partial charge in [-0.3, -0.25) is 0 Å². The number of hydrogen-bond donors (Lipinski definition) is 0. The molecule has 0 saturated carbocycles. The molecule has 0 amide bonds. The molecule has 0 bridgehead atoms. The largest absolute Gasteiger partial charge is 0.310 e. The van der Waals surface area contributed by atoms with Gasteiger partial charge in [0, 0.05) is 55.1 Å². The van der Waals surface area contributed by atoms with E-state index in [2.05, 4.69) is 204 Å². The molecule has 0 saturated heterocycles. The summed E-state index contributed by atoms with van der Waals surface area (Å²) in [7, 11) is 0. The number of anilines is 3. The number of benzene rings is 8. The summed E-state index contributed by atoms with van der Waals surface area (Å²) in [5, 5.41) is 7.71. The van der Waals surface area contributed by atoms with Crippen molar-refractivity contribution in [3.8, 4) is 16.8 Å². The average molecular weight is 690 g/mol. The molecule has 3 heterocycles. The first-order valence-electron chi connectivity index (χ1n) is 18.9. The number of fused-ring (bicyclic) bond motifs is 9. The molecule has 0 unspecified atom stereocenters. The number of nitrogens with zero attached hydrogens (tertiary/aromatic N) is 3. The molecule has 3 nitrogen and oxygen atoms in total. The van der Waals surface area contributed by atoms with E-state index in [-0.39, 0.29) is 5.41 Å². The third-order valence-corrected chi connectivity index (χ3v) is 12.2. The Hall–Kier alpha value is -6.84. The van der Waals surface area contributed by atoms with E-state index in [1.165, 1.54) is 82.2 Å². The van der Waals surface area contributed by atoms with Crippen molar-refractivity contribution in [2.45, 2.75) is 19.3 Å². The highest BCUT2D eigenvalue weighted by Gasteiger charge is 2.35. The van der Waals surface area contributed by atoms with E-state index in [4.69, 9.17) is 0 Å². The summed E-state index contributed by atoms with van der Waals surface area (Å²) in [4.78, 5) is 2.41. The number of hydrogen-bond acceptors (Lipinski definition) is 1. The maximum atomic E-state index is 2.51. The van der Waals surface area contributed by atoms with Crippen LogP contribution in [0.4, 0.5) is 17.1 Å². The van der Waals surface area contributed by atoms with E-state index in [9.17, 15) is 0 Å². The molecule has 3 heteroatoms. The van der Waals surface area contributed by atoms with Gasteiger partial charge in [0.1, 0.15) is 0 Å². The minimum atomic E-state index is -0.0930. The predicted octanol–water partition coefficient (Wildman–Crippen LogP) is 13.7. The fourth-order valence-electron chi connectivity index (χ4n) is 9.87. The highest BCUT2D eigenvalue weighted by molar-refractivity contribution is 6.33. The number of aromatic nitrogens is 2.